The van der Waals surface area contributed by atoms with E-state index >= 15 is 0 Å². The first-order chi connectivity index (χ1) is 7.75. The molecule has 16 heavy (non-hydrogen) atoms. The predicted octanol–water partition coefficient (Wildman–Crippen LogP) is 3.50. The van der Waals surface area contributed by atoms with Crippen molar-refractivity contribution < 1.29 is 0 Å². The Hall–Kier alpha value is -0.710. The highest BCUT2D eigenvalue weighted by Gasteiger charge is 1.98. The van der Waals surface area contributed by atoms with Crippen molar-refractivity contribution in [1.29, 1.82) is 0 Å². The second-order valence-electron chi connectivity index (χ2n) is 3.65. The molecule has 2 nitrogen and oxygen atoms in total. The van der Waals surface area contributed by atoms with E-state index in [1.165, 1.54) is 20.5 Å². The molecule has 1 aromatic carbocycles. The molecule has 4 heteroatoms. The van der Waals surface area contributed by atoms with Crippen LogP contribution in [0.1, 0.15) is 16.0 Å². The van der Waals surface area contributed by atoms with Crippen molar-refractivity contribution in [3.63, 3.8) is 0 Å². The van der Waals surface area contributed by atoms with E-state index in [-0.39, 0.29) is 0 Å². The first kappa shape index (κ1) is 11.8. The summed E-state index contributed by atoms with van der Waals surface area (Å²) >= 11 is 5.18. The first-order valence-electron chi connectivity index (χ1n) is 5.09. The number of hydrogen-bond donors (Lipinski definition) is 1. The van der Waals surface area contributed by atoms with Crippen LogP contribution in [-0.2, 0) is 13.1 Å². The van der Waals surface area contributed by atoms with E-state index < -0.39 is 0 Å². The zero-order chi connectivity index (χ0) is 11.4. The number of halogens is 1. The highest BCUT2D eigenvalue weighted by atomic mass is 79.9. The highest BCUT2D eigenvalue weighted by molar-refractivity contribution is 9.10. The zero-order valence-electron chi connectivity index (χ0n) is 9.03. The molecular formula is C12H13BrN2S. The minimum absolute atomic E-state index is 0.889. The van der Waals surface area contributed by atoms with Crippen LogP contribution < -0.4 is 5.32 Å². The smallest absolute Gasteiger partial charge is 0.0794 e. The zero-order valence-corrected chi connectivity index (χ0v) is 11.4. The van der Waals surface area contributed by atoms with E-state index in [1.807, 2.05) is 11.7 Å². The van der Waals surface area contributed by atoms with E-state index in [9.17, 15) is 0 Å². The van der Waals surface area contributed by atoms with Gasteiger partial charge in [-0.3, -0.25) is 4.98 Å². The quantitative estimate of drug-likeness (QED) is 0.934. The maximum atomic E-state index is 4.05. The number of nitrogens with zero attached hydrogens (tertiary/aromatic N) is 1. The summed E-state index contributed by atoms with van der Waals surface area (Å²) in [5.41, 5.74) is 4.45. The van der Waals surface area contributed by atoms with Crippen molar-refractivity contribution in [3.8, 4) is 0 Å². The summed E-state index contributed by atoms with van der Waals surface area (Å²) in [5, 5.41) is 3.41. The van der Waals surface area contributed by atoms with Crippen LogP contribution >= 0.6 is 27.3 Å². The average molecular weight is 297 g/mol. The molecule has 0 spiro atoms. The van der Waals surface area contributed by atoms with Gasteiger partial charge in [-0.25, -0.2) is 0 Å². The minimum Gasteiger partial charge on any atom is -0.308 e. The predicted molar refractivity (Wildman–Crippen MR) is 71.5 cm³/mol. The van der Waals surface area contributed by atoms with E-state index in [1.54, 1.807) is 11.3 Å². The number of aryl methyl sites for hydroxylation is 1. The fourth-order valence-electron chi connectivity index (χ4n) is 1.48. The lowest BCUT2D eigenvalue weighted by Crippen LogP contribution is -2.11. The third-order valence-corrected chi connectivity index (χ3v) is 4.00. The third kappa shape index (κ3) is 3.14. The Morgan fingerprint density at radius 2 is 2.25 bits per heavy atom. The molecule has 0 aliphatic heterocycles. The molecule has 1 aromatic heterocycles. The third-order valence-electron chi connectivity index (χ3n) is 2.33. The molecule has 0 fully saturated rings. The largest absolute Gasteiger partial charge is 0.308 e. The van der Waals surface area contributed by atoms with Crippen LogP contribution in [0, 0.1) is 6.92 Å². The molecule has 0 bridgehead atoms. The molecule has 0 amide bonds. The second-order valence-corrected chi connectivity index (χ2v) is 5.48. The number of hydrogen-bond acceptors (Lipinski definition) is 3. The van der Waals surface area contributed by atoms with Gasteiger partial charge in [0.2, 0.25) is 0 Å². The van der Waals surface area contributed by atoms with Crippen LogP contribution in [0.3, 0.4) is 0 Å². The Morgan fingerprint density at radius 1 is 1.38 bits per heavy atom. The standard InChI is InChI=1S/C12H13BrN2S/c1-9-4-10(2-3-12(9)13)5-14-6-11-7-15-8-16-11/h2-4,7-8,14H,5-6H2,1H3. The summed E-state index contributed by atoms with van der Waals surface area (Å²) in [6.45, 7) is 3.89. The lowest BCUT2D eigenvalue weighted by molar-refractivity contribution is 0.699. The Bertz CT molecular complexity index is 454. The van der Waals surface area contributed by atoms with Crippen molar-refractivity contribution in [2.24, 2.45) is 0 Å². The minimum atomic E-state index is 0.889. The summed E-state index contributed by atoms with van der Waals surface area (Å²) in [6, 6.07) is 6.43. The van der Waals surface area contributed by atoms with Crippen LogP contribution in [0.25, 0.3) is 0 Å². The second kappa shape index (κ2) is 5.57. The Labute approximate surface area is 108 Å². The molecule has 1 heterocycles. The summed E-state index contributed by atoms with van der Waals surface area (Å²) in [7, 11) is 0. The van der Waals surface area contributed by atoms with Gasteiger partial charge in [0, 0.05) is 28.6 Å². The highest BCUT2D eigenvalue weighted by Crippen LogP contribution is 2.17. The Morgan fingerprint density at radius 3 is 2.94 bits per heavy atom. The van der Waals surface area contributed by atoms with E-state index in [0.717, 1.165) is 13.1 Å². The number of aromatic nitrogens is 1. The molecule has 0 radical (unpaired) electrons. The van der Waals surface area contributed by atoms with Crippen molar-refractivity contribution >= 4 is 27.3 Å². The van der Waals surface area contributed by atoms with Crippen LogP contribution in [0.5, 0.6) is 0 Å². The number of thiazole rings is 1. The fraction of sp³-hybridized carbons (Fsp3) is 0.250. The molecular weight excluding hydrogens is 284 g/mol. The van der Waals surface area contributed by atoms with Gasteiger partial charge in [0.05, 0.1) is 5.51 Å². The molecule has 0 unspecified atom stereocenters. The van der Waals surface area contributed by atoms with Crippen molar-refractivity contribution in [3.05, 3.63) is 50.4 Å². The topological polar surface area (TPSA) is 24.9 Å². The lowest BCUT2D eigenvalue weighted by atomic mass is 10.1. The van der Waals surface area contributed by atoms with Gasteiger partial charge in [-0.1, -0.05) is 28.1 Å². The molecule has 0 aliphatic rings. The average Bonchev–Trinajstić information content (AvgIpc) is 2.76. The van der Waals surface area contributed by atoms with Gasteiger partial charge >= 0.3 is 0 Å². The molecule has 0 saturated heterocycles. The van der Waals surface area contributed by atoms with Gasteiger partial charge in [0.1, 0.15) is 0 Å². The van der Waals surface area contributed by atoms with Gasteiger partial charge in [-0.2, -0.15) is 0 Å². The summed E-state index contributed by atoms with van der Waals surface area (Å²) < 4.78 is 1.17. The molecule has 84 valence electrons. The van der Waals surface area contributed by atoms with E-state index in [2.05, 4.69) is 51.4 Å². The molecule has 2 aromatic rings. The molecule has 0 atom stereocenters. The van der Waals surface area contributed by atoms with Gasteiger partial charge in [-0.05, 0) is 24.1 Å². The molecule has 0 saturated carbocycles. The van der Waals surface area contributed by atoms with Crippen molar-refractivity contribution in [2.75, 3.05) is 0 Å². The maximum Gasteiger partial charge on any atom is 0.0794 e. The maximum absolute atomic E-state index is 4.05. The fourth-order valence-corrected chi connectivity index (χ4v) is 2.29. The Kier molecular flexibility index (Phi) is 4.09. The van der Waals surface area contributed by atoms with Gasteiger partial charge in [0.15, 0.2) is 0 Å². The van der Waals surface area contributed by atoms with Crippen molar-refractivity contribution in [2.45, 2.75) is 20.0 Å². The van der Waals surface area contributed by atoms with Gasteiger partial charge in [0.25, 0.3) is 0 Å². The normalized spacial score (nSPS) is 10.6. The monoisotopic (exact) mass is 296 g/mol. The molecule has 2 rings (SSSR count). The van der Waals surface area contributed by atoms with E-state index in [0.29, 0.717) is 0 Å². The van der Waals surface area contributed by atoms with E-state index in [4.69, 9.17) is 0 Å². The number of rotatable bonds is 4. The van der Waals surface area contributed by atoms with Gasteiger partial charge in [-0.15, -0.1) is 11.3 Å². The number of nitrogens with one attached hydrogen (secondary N) is 1. The summed E-state index contributed by atoms with van der Waals surface area (Å²) in [5.74, 6) is 0. The molecule has 0 aliphatic carbocycles. The van der Waals surface area contributed by atoms with Crippen LogP contribution in [0.15, 0.2) is 34.4 Å². The van der Waals surface area contributed by atoms with Crippen molar-refractivity contribution in [1.82, 2.24) is 10.3 Å². The van der Waals surface area contributed by atoms with Gasteiger partial charge < -0.3 is 5.32 Å². The summed E-state index contributed by atoms with van der Waals surface area (Å²) in [4.78, 5) is 5.32. The first-order valence-corrected chi connectivity index (χ1v) is 6.76. The van der Waals surface area contributed by atoms with Crippen LogP contribution in [0.4, 0.5) is 0 Å². The van der Waals surface area contributed by atoms with Crippen LogP contribution in [0.2, 0.25) is 0 Å². The lowest BCUT2D eigenvalue weighted by Gasteiger charge is -2.05. The SMILES string of the molecule is Cc1cc(CNCc2cncs2)ccc1Br. The molecule has 1 N–H and O–H groups in total. The Balaban J connectivity index is 1.87. The van der Waals surface area contributed by atoms with Crippen LogP contribution in [-0.4, -0.2) is 4.98 Å². The summed E-state index contributed by atoms with van der Waals surface area (Å²) in [6.07, 6.45) is 1.91. The number of benzene rings is 1.